The molecule has 10 heteroatoms. The van der Waals surface area contributed by atoms with Crippen molar-refractivity contribution in [2.24, 2.45) is 0 Å². The fourth-order valence-electron chi connectivity index (χ4n) is 4.81. The number of nitrogens with one attached hydrogen (secondary N) is 1. The molecule has 1 aromatic carbocycles. The topological polar surface area (TPSA) is 112 Å². The molecule has 1 aromatic heterocycles. The molecule has 3 heterocycles. The van der Waals surface area contributed by atoms with E-state index in [4.69, 9.17) is 14.2 Å². The second-order valence-corrected chi connectivity index (χ2v) is 8.87. The van der Waals surface area contributed by atoms with Crippen molar-refractivity contribution in [1.29, 1.82) is 0 Å². The Morgan fingerprint density at radius 1 is 1.24 bits per heavy atom. The third-order valence-corrected chi connectivity index (χ3v) is 6.70. The van der Waals surface area contributed by atoms with E-state index in [1.807, 2.05) is 6.07 Å². The lowest BCUT2D eigenvalue weighted by atomic mass is 9.93. The van der Waals surface area contributed by atoms with Gasteiger partial charge in [-0.15, -0.1) is 0 Å². The Bertz CT molecular complexity index is 1120. The third-order valence-electron chi connectivity index (χ3n) is 6.70. The Morgan fingerprint density at radius 2 is 2.00 bits per heavy atom. The SMILES string of the molecule is COC(=O)c1ncn2c1C(=O)N(Cc1ccc3c(c1)OCO3)[C@](C)(C(=O)NC1CCCC1)C2. The average Bonchev–Trinajstić information content (AvgIpc) is 3.56. The molecule has 33 heavy (non-hydrogen) atoms. The average molecular weight is 454 g/mol. The zero-order chi connectivity index (χ0) is 23.2. The van der Waals surface area contributed by atoms with Crippen LogP contribution >= 0.6 is 0 Å². The zero-order valence-electron chi connectivity index (χ0n) is 18.6. The highest BCUT2D eigenvalue weighted by Gasteiger charge is 2.49. The number of carbonyl (C=O) groups excluding carboxylic acids is 3. The second kappa shape index (κ2) is 8.09. The van der Waals surface area contributed by atoms with Crippen molar-refractivity contribution in [3.63, 3.8) is 0 Å². The number of benzene rings is 1. The van der Waals surface area contributed by atoms with Crippen molar-refractivity contribution in [2.75, 3.05) is 13.9 Å². The van der Waals surface area contributed by atoms with Gasteiger partial charge in [-0.05, 0) is 37.5 Å². The highest BCUT2D eigenvalue weighted by Crippen LogP contribution is 2.35. The van der Waals surface area contributed by atoms with Crippen LogP contribution in [-0.2, 0) is 22.6 Å². The van der Waals surface area contributed by atoms with Gasteiger partial charge in [-0.1, -0.05) is 18.9 Å². The summed E-state index contributed by atoms with van der Waals surface area (Å²) in [5, 5.41) is 3.14. The van der Waals surface area contributed by atoms with E-state index in [1.54, 1.807) is 23.6 Å². The number of fused-ring (bicyclic) bond motifs is 2. The van der Waals surface area contributed by atoms with Gasteiger partial charge in [0.25, 0.3) is 5.91 Å². The van der Waals surface area contributed by atoms with Crippen LogP contribution in [0.25, 0.3) is 0 Å². The Balaban J connectivity index is 1.52. The van der Waals surface area contributed by atoms with Crippen molar-refractivity contribution in [1.82, 2.24) is 19.8 Å². The molecule has 1 aliphatic carbocycles. The standard InChI is InChI=1S/C23H26N4O6/c1-23(22(30)25-15-5-3-4-6-15)11-26-12-24-18(21(29)31-2)19(26)20(28)27(23)10-14-7-8-16-17(9-14)33-13-32-16/h7-9,12,15H,3-6,10-11,13H2,1-2H3,(H,25,30)/t23-/m0/s1. The highest BCUT2D eigenvalue weighted by atomic mass is 16.7. The summed E-state index contributed by atoms with van der Waals surface area (Å²) >= 11 is 0. The van der Waals surface area contributed by atoms with Gasteiger partial charge in [0, 0.05) is 12.6 Å². The first-order valence-corrected chi connectivity index (χ1v) is 11.1. The number of rotatable bonds is 5. The number of imidazole rings is 1. The van der Waals surface area contributed by atoms with Crippen molar-refractivity contribution in [2.45, 2.75) is 57.3 Å². The van der Waals surface area contributed by atoms with Crippen LogP contribution in [0.15, 0.2) is 24.5 Å². The van der Waals surface area contributed by atoms with E-state index in [2.05, 4.69) is 10.3 Å². The summed E-state index contributed by atoms with van der Waals surface area (Å²) in [7, 11) is 1.24. The lowest BCUT2D eigenvalue weighted by molar-refractivity contribution is -0.134. The van der Waals surface area contributed by atoms with E-state index in [1.165, 1.54) is 18.3 Å². The van der Waals surface area contributed by atoms with E-state index >= 15 is 0 Å². The first-order chi connectivity index (χ1) is 15.9. The van der Waals surface area contributed by atoms with E-state index in [0.717, 1.165) is 31.2 Å². The molecule has 0 radical (unpaired) electrons. The molecule has 0 bridgehead atoms. The van der Waals surface area contributed by atoms with E-state index in [0.29, 0.717) is 11.5 Å². The number of carbonyl (C=O) groups is 3. The summed E-state index contributed by atoms with van der Waals surface area (Å²) < 4.78 is 17.2. The molecule has 1 saturated carbocycles. The minimum atomic E-state index is -1.18. The Hall–Kier alpha value is -3.56. The summed E-state index contributed by atoms with van der Waals surface area (Å²) in [6.45, 7) is 2.21. The van der Waals surface area contributed by atoms with Crippen LogP contribution in [0.3, 0.4) is 0 Å². The minimum Gasteiger partial charge on any atom is -0.464 e. The lowest BCUT2D eigenvalue weighted by Crippen LogP contribution is -2.64. The Kier molecular flexibility index (Phi) is 5.22. The fourth-order valence-corrected chi connectivity index (χ4v) is 4.81. The number of amides is 2. The monoisotopic (exact) mass is 454 g/mol. The predicted molar refractivity (Wildman–Crippen MR) is 115 cm³/mol. The Morgan fingerprint density at radius 3 is 2.76 bits per heavy atom. The smallest absolute Gasteiger partial charge is 0.359 e. The minimum absolute atomic E-state index is 0.0589. The van der Waals surface area contributed by atoms with Crippen LogP contribution < -0.4 is 14.8 Å². The van der Waals surface area contributed by atoms with Gasteiger partial charge in [0.05, 0.1) is 20.0 Å². The summed E-state index contributed by atoms with van der Waals surface area (Å²) in [5.74, 6) is -0.145. The van der Waals surface area contributed by atoms with Gasteiger partial charge < -0.3 is 29.0 Å². The molecule has 10 nitrogen and oxygen atoms in total. The molecule has 3 aliphatic rings. The molecule has 0 saturated heterocycles. The van der Waals surface area contributed by atoms with Crippen molar-refractivity contribution >= 4 is 17.8 Å². The molecule has 1 fully saturated rings. The van der Waals surface area contributed by atoms with E-state index < -0.39 is 17.4 Å². The van der Waals surface area contributed by atoms with Gasteiger partial charge in [-0.25, -0.2) is 9.78 Å². The molecule has 0 unspecified atom stereocenters. The van der Waals surface area contributed by atoms with Crippen LogP contribution in [0, 0.1) is 0 Å². The molecule has 0 spiro atoms. The number of esters is 1. The fraction of sp³-hybridized carbons (Fsp3) is 0.478. The summed E-state index contributed by atoms with van der Waals surface area (Å²) in [6.07, 6.45) is 5.44. The molecule has 2 amide bonds. The molecule has 174 valence electrons. The van der Waals surface area contributed by atoms with Crippen molar-refractivity contribution in [3.05, 3.63) is 41.5 Å². The summed E-state index contributed by atoms with van der Waals surface area (Å²) in [6, 6.07) is 5.53. The van der Waals surface area contributed by atoms with Crippen LogP contribution in [0.5, 0.6) is 11.5 Å². The predicted octanol–water partition coefficient (Wildman–Crippen LogP) is 1.87. The van der Waals surface area contributed by atoms with Gasteiger partial charge in [0.15, 0.2) is 17.2 Å². The van der Waals surface area contributed by atoms with Crippen LogP contribution in [0.1, 0.15) is 59.1 Å². The highest BCUT2D eigenvalue weighted by molar-refractivity contribution is 6.06. The van der Waals surface area contributed by atoms with Crippen LogP contribution in [0.2, 0.25) is 0 Å². The molecular weight excluding hydrogens is 428 g/mol. The van der Waals surface area contributed by atoms with E-state index in [-0.39, 0.29) is 43.2 Å². The number of nitrogens with zero attached hydrogens (tertiary/aromatic N) is 3. The molecule has 2 aliphatic heterocycles. The first kappa shape index (κ1) is 21.3. The van der Waals surface area contributed by atoms with Gasteiger partial charge in [0.1, 0.15) is 11.2 Å². The van der Waals surface area contributed by atoms with Gasteiger partial charge in [-0.3, -0.25) is 9.59 Å². The second-order valence-electron chi connectivity index (χ2n) is 8.87. The summed E-state index contributed by atoms with van der Waals surface area (Å²) in [4.78, 5) is 45.1. The maximum atomic E-state index is 13.7. The first-order valence-electron chi connectivity index (χ1n) is 11.1. The quantitative estimate of drug-likeness (QED) is 0.687. The maximum absolute atomic E-state index is 13.7. The van der Waals surface area contributed by atoms with Gasteiger partial charge >= 0.3 is 5.97 Å². The third kappa shape index (κ3) is 3.59. The van der Waals surface area contributed by atoms with Crippen molar-refractivity contribution in [3.8, 4) is 11.5 Å². The van der Waals surface area contributed by atoms with Crippen LogP contribution in [0.4, 0.5) is 0 Å². The normalized spacial score (nSPS) is 21.8. The molecule has 5 rings (SSSR count). The maximum Gasteiger partial charge on any atom is 0.359 e. The van der Waals surface area contributed by atoms with Crippen LogP contribution in [-0.4, -0.2) is 57.7 Å². The molecule has 2 aromatic rings. The number of methoxy groups -OCH3 is 1. The molecule has 1 N–H and O–H groups in total. The molecule has 1 atom stereocenters. The lowest BCUT2D eigenvalue weighted by Gasteiger charge is -2.44. The van der Waals surface area contributed by atoms with Gasteiger partial charge in [0.2, 0.25) is 12.7 Å². The zero-order valence-corrected chi connectivity index (χ0v) is 18.6. The Labute approximate surface area is 190 Å². The molecular formula is C23H26N4O6. The number of aromatic nitrogens is 2. The number of ether oxygens (including phenoxy) is 3. The largest absolute Gasteiger partial charge is 0.464 e. The van der Waals surface area contributed by atoms with E-state index in [9.17, 15) is 14.4 Å². The summed E-state index contributed by atoms with van der Waals surface area (Å²) in [5.41, 5.74) is -0.345. The van der Waals surface area contributed by atoms with Gasteiger partial charge in [-0.2, -0.15) is 0 Å². The van der Waals surface area contributed by atoms with Crippen molar-refractivity contribution < 1.29 is 28.6 Å². The number of hydrogen-bond acceptors (Lipinski definition) is 7. The number of hydrogen-bond donors (Lipinski definition) is 1.